The van der Waals surface area contributed by atoms with Gasteiger partial charge in [0.2, 0.25) is 5.91 Å². The van der Waals surface area contributed by atoms with Crippen LogP contribution >= 0.6 is 0 Å². The van der Waals surface area contributed by atoms with E-state index in [1.165, 1.54) is 0 Å². The molecule has 1 aliphatic heterocycles. The number of nitrogens with one attached hydrogen (secondary N) is 1. The van der Waals surface area contributed by atoms with Crippen molar-refractivity contribution in [3.05, 3.63) is 29.6 Å². The van der Waals surface area contributed by atoms with Gasteiger partial charge in [-0.2, -0.15) is 0 Å². The zero-order chi connectivity index (χ0) is 18.7. The lowest BCUT2D eigenvalue weighted by molar-refractivity contribution is -0.131. The molecule has 2 heterocycles. The van der Waals surface area contributed by atoms with Gasteiger partial charge in [0.1, 0.15) is 5.82 Å². The Hall–Kier alpha value is -1.92. The van der Waals surface area contributed by atoms with Gasteiger partial charge in [0, 0.05) is 26.1 Å². The SMILES string of the molecule is Cc1nc2ccc(CCC(=O)N3CCCC(O)(CN(C)C)CC3)cc2[nH]1. The second-order valence-electron chi connectivity index (χ2n) is 7.87. The summed E-state index contributed by atoms with van der Waals surface area (Å²) in [7, 11) is 3.95. The molecule has 1 unspecified atom stereocenters. The van der Waals surface area contributed by atoms with Crippen LogP contribution in [-0.2, 0) is 11.2 Å². The van der Waals surface area contributed by atoms with Crippen LogP contribution in [0.1, 0.15) is 37.1 Å². The van der Waals surface area contributed by atoms with Crippen molar-refractivity contribution in [3.63, 3.8) is 0 Å². The molecule has 0 bridgehead atoms. The summed E-state index contributed by atoms with van der Waals surface area (Å²) in [6, 6.07) is 6.14. The lowest BCUT2D eigenvalue weighted by Gasteiger charge is -2.30. The third kappa shape index (κ3) is 4.62. The number of hydrogen-bond donors (Lipinski definition) is 2. The molecule has 1 aliphatic rings. The van der Waals surface area contributed by atoms with Crippen LogP contribution in [0.4, 0.5) is 0 Å². The van der Waals surface area contributed by atoms with E-state index in [1.54, 1.807) is 0 Å². The van der Waals surface area contributed by atoms with Crippen molar-refractivity contribution in [2.45, 2.75) is 44.6 Å². The molecule has 0 radical (unpaired) electrons. The Morgan fingerprint density at radius 3 is 2.92 bits per heavy atom. The minimum Gasteiger partial charge on any atom is -0.388 e. The Bertz CT molecular complexity index is 770. The summed E-state index contributed by atoms with van der Waals surface area (Å²) in [5.74, 6) is 1.09. The number of aliphatic hydroxyl groups is 1. The quantitative estimate of drug-likeness (QED) is 0.859. The van der Waals surface area contributed by atoms with E-state index in [2.05, 4.69) is 16.0 Å². The zero-order valence-electron chi connectivity index (χ0n) is 16.1. The highest BCUT2D eigenvalue weighted by atomic mass is 16.3. The average Bonchev–Trinajstić information content (AvgIpc) is 2.83. The summed E-state index contributed by atoms with van der Waals surface area (Å²) in [6.07, 6.45) is 3.49. The standard InChI is InChI=1S/C20H30N4O2/c1-15-21-17-7-5-16(13-18(17)22-15)6-8-19(25)24-11-4-9-20(26,10-12-24)14-23(2)3/h5,7,13,26H,4,6,8-12,14H2,1-3H3,(H,21,22). The van der Waals surface area contributed by atoms with E-state index in [9.17, 15) is 9.90 Å². The van der Waals surface area contributed by atoms with Crippen LogP contribution in [0, 0.1) is 6.92 Å². The number of nitrogens with zero attached hydrogens (tertiary/aromatic N) is 3. The number of carbonyl (C=O) groups excluding carboxylic acids is 1. The molecule has 1 aromatic carbocycles. The smallest absolute Gasteiger partial charge is 0.222 e. The number of H-pyrrole nitrogens is 1. The van der Waals surface area contributed by atoms with Crippen LogP contribution in [0.15, 0.2) is 18.2 Å². The maximum atomic E-state index is 12.6. The fourth-order valence-corrected chi connectivity index (χ4v) is 3.92. The monoisotopic (exact) mass is 358 g/mol. The maximum absolute atomic E-state index is 12.6. The fraction of sp³-hybridized carbons (Fsp3) is 0.600. The van der Waals surface area contributed by atoms with Crippen molar-refractivity contribution in [2.24, 2.45) is 0 Å². The van der Waals surface area contributed by atoms with E-state index in [0.29, 0.717) is 25.9 Å². The molecular formula is C20H30N4O2. The Labute approximate surface area is 155 Å². The molecule has 0 aliphatic carbocycles. The van der Waals surface area contributed by atoms with E-state index in [-0.39, 0.29) is 5.91 Å². The lowest BCUT2D eigenvalue weighted by atomic mass is 9.94. The highest BCUT2D eigenvalue weighted by Gasteiger charge is 2.31. The number of amides is 1. The maximum Gasteiger partial charge on any atom is 0.222 e. The number of carbonyl (C=O) groups is 1. The van der Waals surface area contributed by atoms with Gasteiger partial charge in [-0.3, -0.25) is 4.79 Å². The highest BCUT2D eigenvalue weighted by molar-refractivity contribution is 5.78. The van der Waals surface area contributed by atoms with Crippen LogP contribution in [0.5, 0.6) is 0 Å². The molecule has 3 rings (SSSR count). The van der Waals surface area contributed by atoms with Gasteiger partial charge in [0.25, 0.3) is 0 Å². The van der Waals surface area contributed by atoms with E-state index >= 15 is 0 Å². The van der Waals surface area contributed by atoms with Gasteiger partial charge in [0.05, 0.1) is 16.6 Å². The number of likely N-dealkylation sites (tertiary alicyclic amines) is 1. The summed E-state index contributed by atoms with van der Waals surface area (Å²) in [5.41, 5.74) is 2.46. The molecule has 0 saturated carbocycles. The highest BCUT2D eigenvalue weighted by Crippen LogP contribution is 2.23. The Balaban J connectivity index is 1.55. The number of aryl methyl sites for hydroxylation is 2. The van der Waals surface area contributed by atoms with Crippen molar-refractivity contribution < 1.29 is 9.90 Å². The van der Waals surface area contributed by atoms with Gasteiger partial charge in [-0.15, -0.1) is 0 Å². The Morgan fingerprint density at radius 2 is 2.15 bits per heavy atom. The molecule has 2 N–H and O–H groups in total. The normalized spacial score (nSPS) is 21.3. The molecular weight excluding hydrogens is 328 g/mol. The molecule has 0 spiro atoms. The predicted octanol–water partition coefficient (Wildman–Crippen LogP) is 2.11. The van der Waals surface area contributed by atoms with Gasteiger partial charge in [-0.25, -0.2) is 4.98 Å². The first-order valence-electron chi connectivity index (χ1n) is 9.45. The summed E-state index contributed by atoms with van der Waals surface area (Å²) in [4.78, 5) is 24.2. The first kappa shape index (κ1) is 18.9. The molecule has 1 aromatic heterocycles. The number of likely N-dealkylation sites (N-methyl/N-ethyl adjacent to an activating group) is 1. The van der Waals surface area contributed by atoms with Crippen molar-refractivity contribution in [2.75, 3.05) is 33.7 Å². The molecule has 2 aromatic rings. The van der Waals surface area contributed by atoms with E-state index in [4.69, 9.17) is 0 Å². The van der Waals surface area contributed by atoms with Crippen molar-refractivity contribution >= 4 is 16.9 Å². The largest absolute Gasteiger partial charge is 0.388 e. The second-order valence-corrected chi connectivity index (χ2v) is 7.87. The van der Waals surface area contributed by atoms with Gasteiger partial charge >= 0.3 is 0 Å². The van der Waals surface area contributed by atoms with Gasteiger partial charge in [-0.1, -0.05) is 6.07 Å². The summed E-state index contributed by atoms with van der Waals surface area (Å²) in [6.45, 7) is 3.98. The molecule has 6 nitrogen and oxygen atoms in total. The number of aromatic nitrogens is 2. The molecule has 142 valence electrons. The first-order valence-corrected chi connectivity index (χ1v) is 9.45. The van der Waals surface area contributed by atoms with E-state index < -0.39 is 5.60 Å². The topological polar surface area (TPSA) is 72.5 Å². The number of rotatable bonds is 5. The average molecular weight is 358 g/mol. The summed E-state index contributed by atoms with van der Waals surface area (Å²) in [5, 5.41) is 10.7. The summed E-state index contributed by atoms with van der Waals surface area (Å²) < 4.78 is 0. The van der Waals surface area contributed by atoms with E-state index in [1.807, 2.05) is 43.0 Å². The predicted molar refractivity (Wildman–Crippen MR) is 103 cm³/mol. The third-order valence-corrected chi connectivity index (χ3v) is 5.17. The summed E-state index contributed by atoms with van der Waals surface area (Å²) >= 11 is 0. The number of aromatic amines is 1. The minimum absolute atomic E-state index is 0.181. The number of imidazole rings is 1. The molecule has 1 atom stereocenters. The molecule has 26 heavy (non-hydrogen) atoms. The lowest BCUT2D eigenvalue weighted by Crippen LogP contribution is -2.41. The van der Waals surface area contributed by atoms with Crippen molar-refractivity contribution in [3.8, 4) is 0 Å². The van der Waals surface area contributed by atoms with Gasteiger partial charge < -0.3 is 19.9 Å². The van der Waals surface area contributed by atoms with Crippen LogP contribution in [-0.4, -0.2) is 70.1 Å². The first-order chi connectivity index (χ1) is 12.3. The third-order valence-electron chi connectivity index (χ3n) is 5.17. The Morgan fingerprint density at radius 1 is 1.35 bits per heavy atom. The molecule has 1 amide bonds. The number of benzene rings is 1. The Kier molecular flexibility index (Phi) is 5.63. The number of hydrogen-bond acceptors (Lipinski definition) is 4. The van der Waals surface area contributed by atoms with Crippen LogP contribution in [0.3, 0.4) is 0 Å². The minimum atomic E-state index is -0.679. The van der Waals surface area contributed by atoms with Crippen LogP contribution < -0.4 is 0 Å². The van der Waals surface area contributed by atoms with Crippen molar-refractivity contribution in [1.82, 2.24) is 19.8 Å². The van der Waals surface area contributed by atoms with Gasteiger partial charge in [-0.05, 0) is 64.4 Å². The molecule has 1 saturated heterocycles. The second kappa shape index (κ2) is 7.76. The molecule has 6 heteroatoms. The molecule has 1 fully saturated rings. The van der Waals surface area contributed by atoms with Crippen molar-refractivity contribution in [1.29, 1.82) is 0 Å². The van der Waals surface area contributed by atoms with Gasteiger partial charge in [0.15, 0.2) is 0 Å². The van der Waals surface area contributed by atoms with Crippen LogP contribution in [0.25, 0.3) is 11.0 Å². The fourth-order valence-electron chi connectivity index (χ4n) is 3.92. The van der Waals surface area contributed by atoms with E-state index in [0.717, 1.165) is 48.2 Å². The van der Waals surface area contributed by atoms with Crippen LogP contribution in [0.2, 0.25) is 0 Å². The number of fused-ring (bicyclic) bond motifs is 1. The zero-order valence-corrected chi connectivity index (χ0v) is 16.1.